The second-order valence-electron chi connectivity index (χ2n) is 5.47. The molecule has 0 aromatic heterocycles. The van der Waals surface area contributed by atoms with Gasteiger partial charge in [-0.3, -0.25) is 4.79 Å². The van der Waals surface area contributed by atoms with E-state index in [1.54, 1.807) is 0 Å². The lowest BCUT2D eigenvalue weighted by Crippen LogP contribution is -2.22. The van der Waals surface area contributed by atoms with Crippen LogP contribution in [-0.2, 0) is 11.2 Å². The number of nitrogens with one attached hydrogen (secondary N) is 1. The number of rotatable bonds is 2. The Morgan fingerprint density at radius 2 is 1.95 bits per heavy atom. The number of ether oxygens (including phenoxy) is 1. The molecule has 1 saturated carbocycles. The summed E-state index contributed by atoms with van der Waals surface area (Å²) in [6.45, 7) is 0. The summed E-state index contributed by atoms with van der Waals surface area (Å²) < 4.78 is 6.04. The van der Waals surface area contributed by atoms with Crippen molar-refractivity contribution in [1.29, 1.82) is 0 Å². The Kier molecular flexibility index (Phi) is 3.32. The monoisotopic (exact) mass is 260 g/mol. The molecule has 1 heterocycles. The third-order valence-corrected chi connectivity index (χ3v) is 3.98. The van der Waals surface area contributed by atoms with Crippen LogP contribution in [0.2, 0.25) is 0 Å². The molecule has 4 heteroatoms. The van der Waals surface area contributed by atoms with E-state index in [0.29, 0.717) is 18.2 Å². The molecule has 1 aliphatic carbocycles. The summed E-state index contributed by atoms with van der Waals surface area (Å²) in [5.74, 6) is 0.842. The average molecular weight is 260 g/mol. The molecule has 1 fully saturated rings. The average Bonchev–Trinajstić information content (AvgIpc) is 2.41. The quantitative estimate of drug-likeness (QED) is 0.804. The minimum Gasteiger partial charge on any atom is -0.488 e. The molecule has 0 radical (unpaired) electrons. The number of hydrogen-bond donors (Lipinski definition) is 2. The van der Waals surface area contributed by atoms with Crippen LogP contribution < -0.4 is 15.8 Å². The van der Waals surface area contributed by atoms with Crippen LogP contribution in [0.3, 0.4) is 0 Å². The normalized spacial score (nSPS) is 19.7. The van der Waals surface area contributed by atoms with E-state index in [-0.39, 0.29) is 5.91 Å². The largest absolute Gasteiger partial charge is 0.488 e. The van der Waals surface area contributed by atoms with Gasteiger partial charge in [-0.2, -0.15) is 0 Å². The van der Waals surface area contributed by atoms with Gasteiger partial charge in [0, 0.05) is 12.1 Å². The number of hydrogen-bond acceptors (Lipinski definition) is 3. The van der Waals surface area contributed by atoms with Crippen LogP contribution in [0.15, 0.2) is 12.1 Å². The lowest BCUT2D eigenvalue weighted by atomic mass is 9.97. The smallest absolute Gasteiger partial charge is 0.224 e. The number of carbonyl (C=O) groups is 1. The lowest BCUT2D eigenvalue weighted by Gasteiger charge is -2.25. The minimum atomic E-state index is 0.0628. The molecule has 1 aromatic rings. The molecule has 0 atom stereocenters. The van der Waals surface area contributed by atoms with Crippen molar-refractivity contribution in [3.8, 4) is 5.75 Å². The maximum absolute atomic E-state index is 11.4. The molecule has 1 aromatic carbocycles. The van der Waals surface area contributed by atoms with E-state index >= 15 is 0 Å². The molecular weight excluding hydrogens is 240 g/mol. The molecule has 3 rings (SSSR count). The fourth-order valence-corrected chi connectivity index (χ4v) is 2.89. The first-order chi connectivity index (χ1) is 9.22. The molecular formula is C15H20N2O2. The van der Waals surface area contributed by atoms with Crippen LogP contribution >= 0.6 is 0 Å². The second-order valence-corrected chi connectivity index (χ2v) is 5.47. The SMILES string of the molecule is Nc1cc2c(cc1OC1CCCCC1)CCC(=O)N2. The maximum Gasteiger partial charge on any atom is 0.224 e. The third-order valence-electron chi connectivity index (χ3n) is 3.98. The standard InChI is InChI=1S/C15H20N2O2/c16-12-9-13-10(6-7-15(18)17-13)8-14(12)19-11-4-2-1-3-5-11/h8-9,11H,1-7,16H2,(H,17,18). The first-order valence-electron chi connectivity index (χ1n) is 7.11. The Bertz CT molecular complexity index is 493. The van der Waals surface area contributed by atoms with Crippen LogP contribution in [0.25, 0.3) is 0 Å². The number of benzene rings is 1. The predicted octanol–water partition coefficient (Wildman–Crippen LogP) is 2.87. The maximum atomic E-state index is 11.4. The fourth-order valence-electron chi connectivity index (χ4n) is 2.89. The summed E-state index contributed by atoms with van der Waals surface area (Å²) in [7, 11) is 0. The Hall–Kier alpha value is -1.71. The zero-order valence-electron chi connectivity index (χ0n) is 11.1. The van der Waals surface area contributed by atoms with Gasteiger partial charge >= 0.3 is 0 Å². The predicted molar refractivity (Wildman–Crippen MR) is 75.3 cm³/mol. The van der Waals surface area contributed by atoms with Crippen LogP contribution in [0.4, 0.5) is 11.4 Å². The summed E-state index contributed by atoms with van der Waals surface area (Å²) in [6.07, 6.45) is 7.64. The van der Waals surface area contributed by atoms with Gasteiger partial charge in [0.2, 0.25) is 5.91 Å². The summed E-state index contributed by atoms with van der Waals surface area (Å²) in [4.78, 5) is 11.4. The van der Waals surface area contributed by atoms with Crippen molar-refractivity contribution in [2.45, 2.75) is 51.0 Å². The molecule has 0 unspecified atom stereocenters. The topological polar surface area (TPSA) is 64.3 Å². The number of nitrogens with two attached hydrogens (primary N) is 1. The molecule has 4 nitrogen and oxygen atoms in total. The van der Waals surface area contributed by atoms with Crippen molar-refractivity contribution in [3.05, 3.63) is 17.7 Å². The highest BCUT2D eigenvalue weighted by atomic mass is 16.5. The van der Waals surface area contributed by atoms with Gasteiger partial charge in [0.1, 0.15) is 5.75 Å². The Labute approximate surface area is 113 Å². The number of aryl methyl sites for hydroxylation is 1. The Balaban J connectivity index is 1.80. The molecule has 1 amide bonds. The number of nitrogen functional groups attached to an aromatic ring is 1. The van der Waals surface area contributed by atoms with Crippen LogP contribution in [0.1, 0.15) is 44.1 Å². The van der Waals surface area contributed by atoms with Crippen LogP contribution in [-0.4, -0.2) is 12.0 Å². The fraction of sp³-hybridized carbons (Fsp3) is 0.533. The van der Waals surface area contributed by atoms with Crippen molar-refractivity contribution in [3.63, 3.8) is 0 Å². The zero-order valence-corrected chi connectivity index (χ0v) is 11.1. The second kappa shape index (κ2) is 5.11. The Morgan fingerprint density at radius 1 is 1.16 bits per heavy atom. The van der Waals surface area contributed by atoms with Crippen molar-refractivity contribution >= 4 is 17.3 Å². The van der Waals surface area contributed by atoms with Gasteiger partial charge in [0.05, 0.1) is 11.8 Å². The van der Waals surface area contributed by atoms with Crippen molar-refractivity contribution < 1.29 is 9.53 Å². The third kappa shape index (κ3) is 2.67. The lowest BCUT2D eigenvalue weighted by molar-refractivity contribution is -0.116. The van der Waals surface area contributed by atoms with Gasteiger partial charge < -0.3 is 15.8 Å². The van der Waals surface area contributed by atoms with E-state index in [4.69, 9.17) is 10.5 Å². The zero-order chi connectivity index (χ0) is 13.2. The van der Waals surface area contributed by atoms with Gasteiger partial charge in [-0.15, -0.1) is 0 Å². The molecule has 0 saturated heterocycles. The first-order valence-corrected chi connectivity index (χ1v) is 7.11. The summed E-state index contributed by atoms with van der Waals surface area (Å²) >= 11 is 0. The molecule has 0 spiro atoms. The van der Waals surface area contributed by atoms with E-state index in [1.165, 1.54) is 19.3 Å². The highest BCUT2D eigenvalue weighted by Crippen LogP contribution is 2.34. The summed E-state index contributed by atoms with van der Waals surface area (Å²) in [5.41, 5.74) is 8.61. The van der Waals surface area contributed by atoms with E-state index < -0.39 is 0 Å². The highest BCUT2D eigenvalue weighted by molar-refractivity contribution is 5.94. The van der Waals surface area contributed by atoms with Crippen molar-refractivity contribution in [2.75, 3.05) is 11.1 Å². The first kappa shape index (κ1) is 12.3. The highest BCUT2D eigenvalue weighted by Gasteiger charge is 2.20. The minimum absolute atomic E-state index is 0.0628. The molecule has 3 N–H and O–H groups in total. The van der Waals surface area contributed by atoms with Gasteiger partial charge in [-0.05, 0) is 49.8 Å². The van der Waals surface area contributed by atoms with E-state index in [2.05, 4.69) is 5.32 Å². The Morgan fingerprint density at radius 3 is 2.74 bits per heavy atom. The van der Waals surface area contributed by atoms with Crippen LogP contribution in [0.5, 0.6) is 5.75 Å². The number of anilines is 2. The molecule has 102 valence electrons. The summed E-state index contributed by atoms with van der Waals surface area (Å²) in [6, 6.07) is 3.82. The van der Waals surface area contributed by atoms with E-state index in [1.807, 2.05) is 12.1 Å². The van der Waals surface area contributed by atoms with Gasteiger partial charge in [0.25, 0.3) is 0 Å². The van der Waals surface area contributed by atoms with Crippen LogP contribution in [0, 0.1) is 0 Å². The van der Waals surface area contributed by atoms with Gasteiger partial charge in [-0.1, -0.05) is 6.42 Å². The van der Waals surface area contributed by atoms with Crippen molar-refractivity contribution in [1.82, 2.24) is 0 Å². The molecule has 1 aliphatic heterocycles. The molecule has 2 aliphatic rings. The van der Waals surface area contributed by atoms with Gasteiger partial charge in [0.15, 0.2) is 0 Å². The summed E-state index contributed by atoms with van der Waals surface area (Å²) in [5, 5.41) is 2.86. The molecule has 19 heavy (non-hydrogen) atoms. The number of fused-ring (bicyclic) bond motifs is 1. The van der Waals surface area contributed by atoms with Gasteiger partial charge in [-0.25, -0.2) is 0 Å². The molecule has 0 bridgehead atoms. The van der Waals surface area contributed by atoms with Crippen molar-refractivity contribution in [2.24, 2.45) is 0 Å². The van der Waals surface area contributed by atoms with E-state index in [9.17, 15) is 4.79 Å². The van der Waals surface area contributed by atoms with E-state index in [0.717, 1.165) is 36.3 Å². The number of amides is 1. The number of carbonyl (C=O) groups excluding carboxylic acids is 1.